The zero-order valence-electron chi connectivity index (χ0n) is 13.2. The predicted molar refractivity (Wildman–Crippen MR) is 86.0 cm³/mol. The first kappa shape index (κ1) is 16.4. The normalized spacial score (nSPS) is 11.0. The van der Waals surface area contributed by atoms with Gasteiger partial charge in [0.1, 0.15) is 5.82 Å². The molecule has 22 heavy (non-hydrogen) atoms. The lowest BCUT2D eigenvalue weighted by Crippen LogP contribution is -2.22. The van der Waals surface area contributed by atoms with Crippen molar-refractivity contribution < 1.29 is 9.53 Å². The topological polar surface area (TPSA) is 52.3 Å². The van der Waals surface area contributed by atoms with Gasteiger partial charge in [0.25, 0.3) is 0 Å². The number of nitrogens with zero attached hydrogens (tertiary/aromatic N) is 4. The van der Waals surface area contributed by atoms with E-state index in [0.717, 1.165) is 17.9 Å². The molecule has 118 valence electrons. The zero-order valence-corrected chi connectivity index (χ0v) is 14.1. The first-order valence-electron chi connectivity index (χ1n) is 6.88. The lowest BCUT2D eigenvalue weighted by Gasteiger charge is -2.16. The molecule has 1 aromatic carbocycles. The quantitative estimate of drug-likeness (QED) is 0.624. The Kier molecular flexibility index (Phi) is 5.10. The van der Waals surface area contributed by atoms with Crippen LogP contribution < -0.4 is 0 Å². The van der Waals surface area contributed by atoms with E-state index >= 15 is 0 Å². The predicted octanol–water partition coefficient (Wildman–Crippen LogP) is 2.14. The molecular formula is C15H20N4O2S. The van der Waals surface area contributed by atoms with Crippen molar-refractivity contribution in [3.63, 3.8) is 0 Å². The molecule has 0 N–H and O–H groups in total. The van der Waals surface area contributed by atoms with Gasteiger partial charge in [0.2, 0.25) is 0 Å². The summed E-state index contributed by atoms with van der Waals surface area (Å²) < 4.78 is 9.07. The van der Waals surface area contributed by atoms with E-state index < -0.39 is 0 Å². The monoisotopic (exact) mass is 320 g/mol. The highest BCUT2D eigenvalue weighted by Gasteiger charge is 2.08. The van der Waals surface area contributed by atoms with E-state index in [0.29, 0.717) is 17.0 Å². The molecule has 0 saturated heterocycles. The molecule has 0 bridgehead atoms. The second-order valence-corrected chi connectivity index (χ2v) is 5.60. The summed E-state index contributed by atoms with van der Waals surface area (Å²) in [6.07, 6.45) is 0. The molecule has 0 aliphatic heterocycles. The van der Waals surface area contributed by atoms with Crippen molar-refractivity contribution in [2.75, 3.05) is 14.2 Å². The van der Waals surface area contributed by atoms with Gasteiger partial charge in [0, 0.05) is 13.6 Å². The number of carbonyl (C=O) groups is 1. The number of rotatable bonds is 5. The van der Waals surface area contributed by atoms with Gasteiger partial charge in [-0.1, -0.05) is 12.1 Å². The van der Waals surface area contributed by atoms with Gasteiger partial charge in [-0.3, -0.25) is 4.90 Å². The Balaban J connectivity index is 2.02. The molecule has 0 unspecified atom stereocenters. The number of hydrogen-bond acceptors (Lipinski definition) is 5. The van der Waals surface area contributed by atoms with Crippen LogP contribution in [0.5, 0.6) is 0 Å². The third-order valence-corrected chi connectivity index (χ3v) is 3.95. The molecule has 0 radical (unpaired) electrons. The third kappa shape index (κ3) is 3.61. The Morgan fingerprint density at radius 2 is 2.00 bits per heavy atom. The summed E-state index contributed by atoms with van der Waals surface area (Å²) >= 11 is 5.34. The van der Waals surface area contributed by atoms with Crippen molar-refractivity contribution >= 4 is 18.2 Å². The molecule has 0 saturated carbocycles. The van der Waals surface area contributed by atoms with Crippen LogP contribution in [0.2, 0.25) is 0 Å². The minimum atomic E-state index is -0.324. The molecule has 1 aromatic heterocycles. The first-order valence-corrected chi connectivity index (χ1v) is 7.29. The lowest BCUT2D eigenvalue weighted by atomic mass is 10.1. The number of aromatic nitrogens is 3. The van der Waals surface area contributed by atoms with Gasteiger partial charge >= 0.3 is 5.97 Å². The number of esters is 1. The summed E-state index contributed by atoms with van der Waals surface area (Å²) in [5, 5.41) is 4.41. The number of carbonyl (C=O) groups excluding carboxylic acids is 1. The highest BCUT2D eigenvalue weighted by Crippen LogP contribution is 2.09. The van der Waals surface area contributed by atoms with Crippen LogP contribution in [0.15, 0.2) is 24.3 Å². The van der Waals surface area contributed by atoms with Crippen molar-refractivity contribution in [1.82, 2.24) is 19.2 Å². The van der Waals surface area contributed by atoms with Crippen molar-refractivity contribution in [2.45, 2.75) is 20.1 Å². The smallest absolute Gasteiger partial charge is 0.337 e. The summed E-state index contributed by atoms with van der Waals surface area (Å²) in [5.74, 6) is 0.566. The molecule has 0 amide bonds. The fourth-order valence-corrected chi connectivity index (χ4v) is 2.37. The highest BCUT2D eigenvalue weighted by atomic mass is 32.1. The van der Waals surface area contributed by atoms with Gasteiger partial charge < -0.3 is 9.30 Å². The molecule has 2 aromatic rings. The second kappa shape index (κ2) is 6.85. The summed E-state index contributed by atoms with van der Waals surface area (Å²) in [5.41, 5.74) is 1.66. The Bertz CT molecular complexity index is 718. The summed E-state index contributed by atoms with van der Waals surface area (Å²) in [7, 11) is 5.29. The number of ether oxygens (including phenoxy) is 1. The van der Waals surface area contributed by atoms with E-state index in [1.165, 1.54) is 7.11 Å². The fraction of sp³-hybridized carbons (Fsp3) is 0.400. The van der Waals surface area contributed by atoms with Crippen LogP contribution in [0, 0.1) is 11.7 Å². The van der Waals surface area contributed by atoms with Gasteiger partial charge in [-0.15, -0.1) is 0 Å². The molecule has 2 rings (SSSR count). The van der Waals surface area contributed by atoms with Crippen LogP contribution in [-0.4, -0.2) is 39.4 Å². The number of hydrogen-bond donors (Lipinski definition) is 0. The molecule has 0 fully saturated rings. The van der Waals surface area contributed by atoms with Gasteiger partial charge in [0.15, 0.2) is 4.77 Å². The van der Waals surface area contributed by atoms with E-state index in [-0.39, 0.29) is 5.97 Å². The van der Waals surface area contributed by atoms with Crippen LogP contribution in [0.3, 0.4) is 0 Å². The number of benzene rings is 1. The number of aryl methyl sites for hydroxylation is 1. The van der Waals surface area contributed by atoms with Crippen LogP contribution >= 0.6 is 12.2 Å². The number of methoxy groups -OCH3 is 1. The molecule has 0 spiro atoms. The van der Waals surface area contributed by atoms with Crippen molar-refractivity contribution in [2.24, 2.45) is 7.05 Å². The van der Waals surface area contributed by atoms with E-state index in [2.05, 4.69) is 14.7 Å². The second-order valence-electron chi connectivity index (χ2n) is 5.23. The van der Waals surface area contributed by atoms with E-state index in [4.69, 9.17) is 12.2 Å². The summed E-state index contributed by atoms with van der Waals surface area (Å²) in [6, 6.07) is 7.38. The maximum atomic E-state index is 11.4. The maximum Gasteiger partial charge on any atom is 0.337 e. The van der Waals surface area contributed by atoms with Crippen molar-refractivity contribution in [3.8, 4) is 0 Å². The SMILES string of the molecule is COC(=O)c1ccc(CN(C)Cn2nc(C)n(C)c2=S)cc1. The Morgan fingerprint density at radius 3 is 2.50 bits per heavy atom. The molecular weight excluding hydrogens is 300 g/mol. The molecule has 1 heterocycles. The fourth-order valence-electron chi connectivity index (χ4n) is 2.14. The van der Waals surface area contributed by atoms with Gasteiger partial charge in [0.05, 0.1) is 19.3 Å². The molecule has 0 atom stereocenters. The van der Waals surface area contributed by atoms with Gasteiger partial charge in [-0.2, -0.15) is 5.10 Å². The Labute approximate surface area is 134 Å². The van der Waals surface area contributed by atoms with Crippen LogP contribution in [0.4, 0.5) is 0 Å². The summed E-state index contributed by atoms with van der Waals surface area (Å²) in [6.45, 7) is 3.27. The minimum absolute atomic E-state index is 0.324. The molecule has 0 aliphatic carbocycles. The Morgan fingerprint density at radius 1 is 1.36 bits per heavy atom. The standard InChI is InChI=1S/C15H20N4O2S/c1-11-16-19(15(22)18(11)3)10-17(2)9-12-5-7-13(8-6-12)14(20)21-4/h5-8H,9-10H2,1-4H3. The van der Waals surface area contributed by atoms with Crippen LogP contribution in [0.25, 0.3) is 0 Å². The maximum absolute atomic E-state index is 11.4. The zero-order chi connectivity index (χ0) is 16.3. The molecule has 6 nitrogen and oxygen atoms in total. The average molecular weight is 320 g/mol. The van der Waals surface area contributed by atoms with E-state index in [1.807, 2.05) is 37.7 Å². The first-order chi connectivity index (χ1) is 10.4. The van der Waals surface area contributed by atoms with E-state index in [1.54, 1.807) is 16.8 Å². The summed E-state index contributed by atoms with van der Waals surface area (Å²) in [4.78, 5) is 13.5. The third-order valence-electron chi connectivity index (χ3n) is 3.46. The molecule has 0 aliphatic rings. The van der Waals surface area contributed by atoms with Gasteiger partial charge in [-0.25, -0.2) is 9.48 Å². The van der Waals surface area contributed by atoms with Gasteiger partial charge in [-0.05, 0) is 43.9 Å². The lowest BCUT2D eigenvalue weighted by molar-refractivity contribution is 0.0600. The largest absolute Gasteiger partial charge is 0.465 e. The average Bonchev–Trinajstić information content (AvgIpc) is 2.74. The molecule has 7 heteroatoms. The highest BCUT2D eigenvalue weighted by molar-refractivity contribution is 7.71. The Hall–Kier alpha value is -1.99. The van der Waals surface area contributed by atoms with Crippen molar-refractivity contribution in [1.29, 1.82) is 0 Å². The van der Waals surface area contributed by atoms with Crippen LogP contribution in [-0.2, 0) is 25.0 Å². The van der Waals surface area contributed by atoms with E-state index in [9.17, 15) is 4.79 Å². The van der Waals surface area contributed by atoms with Crippen LogP contribution in [0.1, 0.15) is 21.7 Å². The van der Waals surface area contributed by atoms with Crippen molar-refractivity contribution in [3.05, 3.63) is 46.0 Å². The minimum Gasteiger partial charge on any atom is -0.465 e.